The minimum absolute atomic E-state index is 0.0441. The van der Waals surface area contributed by atoms with E-state index >= 15 is 0 Å². The predicted octanol–water partition coefficient (Wildman–Crippen LogP) is 0.276. The Balaban J connectivity index is 1.86. The number of hydrogen-bond donors (Lipinski definition) is 3. The molecule has 3 N–H and O–H groups in total. The molecule has 1 saturated carbocycles. The summed E-state index contributed by atoms with van der Waals surface area (Å²) in [6.07, 6.45) is 2.21. The summed E-state index contributed by atoms with van der Waals surface area (Å²) in [5.41, 5.74) is 0.791. The summed E-state index contributed by atoms with van der Waals surface area (Å²) < 4.78 is 31.5. The van der Waals surface area contributed by atoms with Gasteiger partial charge in [-0.2, -0.15) is 0 Å². The second kappa shape index (κ2) is 8.41. The second-order valence-corrected chi connectivity index (χ2v) is 7.67. The normalized spacial score (nSPS) is 15.6. The standard InChI is InChI=1S/C16H22N2O6S/c1-24-10-14(16(20)21)17-15(19)9-4-11-2-7-13(8-3-11)25(22,23)18-12-5-6-12/h2-3,7-8,12,14,18H,4-6,9-10H2,1H3,(H,17,19)(H,20,21). The van der Waals surface area contributed by atoms with Crippen molar-refractivity contribution >= 4 is 21.9 Å². The highest BCUT2D eigenvalue weighted by Crippen LogP contribution is 2.22. The van der Waals surface area contributed by atoms with E-state index in [1.165, 1.54) is 19.2 Å². The van der Waals surface area contributed by atoms with Crippen LogP contribution in [-0.2, 0) is 30.8 Å². The van der Waals surface area contributed by atoms with Crippen molar-refractivity contribution in [3.63, 3.8) is 0 Å². The molecule has 25 heavy (non-hydrogen) atoms. The van der Waals surface area contributed by atoms with Gasteiger partial charge in [-0.3, -0.25) is 4.79 Å². The highest BCUT2D eigenvalue weighted by molar-refractivity contribution is 7.89. The number of nitrogens with one attached hydrogen (secondary N) is 2. The van der Waals surface area contributed by atoms with Crippen LogP contribution in [0.3, 0.4) is 0 Å². The summed E-state index contributed by atoms with van der Waals surface area (Å²) in [6.45, 7) is -0.110. The van der Waals surface area contributed by atoms with Gasteiger partial charge in [0.2, 0.25) is 15.9 Å². The number of aryl methyl sites for hydroxylation is 1. The monoisotopic (exact) mass is 370 g/mol. The number of rotatable bonds is 10. The Morgan fingerprint density at radius 2 is 1.92 bits per heavy atom. The van der Waals surface area contributed by atoms with Gasteiger partial charge in [-0.25, -0.2) is 17.9 Å². The van der Waals surface area contributed by atoms with Crippen LogP contribution in [0.4, 0.5) is 0 Å². The third-order valence-electron chi connectivity index (χ3n) is 3.74. The molecule has 138 valence electrons. The summed E-state index contributed by atoms with van der Waals surface area (Å²) in [6, 6.07) is 5.27. The quantitative estimate of drug-likeness (QED) is 0.544. The number of ether oxygens (including phenoxy) is 1. The summed E-state index contributed by atoms with van der Waals surface area (Å²) in [4.78, 5) is 23.0. The fraction of sp³-hybridized carbons (Fsp3) is 0.500. The van der Waals surface area contributed by atoms with Gasteiger partial charge in [-0.05, 0) is 37.0 Å². The lowest BCUT2D eigenvalue weighted by molar-refractivity contribution is -0.143. The van der Waals surface area contributed by atoms with Crippen molar-refractivity contribution in [3.05, 3.63) is 29.8 Å². The average molecular weight is 370 g/mol. The largest absolute Gasteiger partial charge is 0.480 e. The van der Waals surface area contributed by atoms with E-state index in [4.69, 9.17) is 9.84 Å². The number of methoxy groups -OCH3 is 1. The zero-order valence-electron chi connectivity index (χ0n) is 13.9. The zero-order valence-corrected chi connectivity index (χ0v) is 14.7. The van der Waals surface area contributed by atoms with Crippen molar-refractivity contribution in [3.8, 4) is 0 Å². The number of aliphatic carboxylic acids is 1. The molecule has 0 radical (unpaired) electrons. The summed E-state index contributed by atoms with van der Waals surface area (Å²) in [5.74, 6) is -1.57. The Hall–Kier alpha value is -1.97. The molecular weight excluding hydrogens is 348 g/mol. The van der Waals surface area contributed by atoms with Gasteiger partial charge in [0.05, 0.1) is 11.5 Å². The van der Waals surface area contributed by atoms with E-state index in [9.17, 15) is 18.0 Å². The van der Waals surface area contributed by atoms with E-state index in [1.807, 2.05) is 0 Å². The first-order valence-corrected chi connectivity index (χ1v) is 9.42. The highest BCUT2D eigenvalue weighted by atomic mass is 32.2. The molecule has 1 aromatic rings. The van der Waals surface area contributed by atoms with Crippen molar-refractivity contribution < 1.29 is 27.9 Å². The number of sulfonamides is 1. The van der Waals surface area contributed by atoms with Gasteiger partial charge in [0.15, 0.2) is 6.04 Å². The molecular formula is C16H22N2O6S. The van der Waals surface area contributed by atoms with Gasteiger partial charge in [0.1, 0.15) is 0 Å². The van der Waals surface area contributed by atoms with Gasteiger partial charge < -0.3 is 15.2 Å². The van der Waals surface area contributed by atoms with E-state index in [0.717, 1.165) is 18.4 Å². The number of carbonyl (C=O) groups is 2. The molecule has 1 atom stereocenters. The fourth-order valence-corrected chi connectivity index (χ4v) is 3.49. The molecule has 0 saturated heterocycles. The summed E-state index contributed by atoms with van der Waals surface area (Å²) >= 11 is 0. The Morgan fingerprint density at radius 1 is 1.28 bits per heavy atom. The van der Waals surface area contributed by atoms with Crippen LogP contribution in [-0.4, -0.2) is 51.2 Å². The summed E-state index contributed by atoms with van der Waals surface area (Å²) in [5, 5.41) is 11.3. The summed E-state index contributed by atoms with van der Waals surface area (Å²) in [7, 11) is -2.13. The van der Waals surface area contributed by atoms with Crippen LogP contribution < -0.4 is 10.0 Å². The predicted molar refractivity (Wildman–Crippen MR) is 89.5 cm³/mol. The molecule has 0 aromatic heterocycles. The first kappa shape index (κ1) is 19.4. The highest BCUT2D eigenvalue weighted by Gasteiger charge is 2.27. The lowest BCUT2D eigenvalue weighted by Crippen LogP contribution is -2.43. The second-order valence-electron chi connectivity index (χ2n) is 5.95. The topological polar surface area (TPSA) is 122 Å². The van der Waals surface area contributed by atoms with Crippen molar-refractivity contribution in [2.75, 3.05) is 13.7 Å². The Labute approximate surface area is 146 Å². The average Bonchev–Trinajstić information content (AvgIpc) is 3.36. The Kier molecular flexibility index (Phi) is 6.51. The van der Waals surface area contributed by atoms with Gasteiger partial charge in [0, 0.05) is 19.6 Å². The van der Waals surface area contributed by atoms with Crippen LogP contribution in [0.2, 0.25) is 0 Å². The Morgan fingerprint density at radius 3 is 2.44 bits per heavy atom. The number of carbonyl (C=O) groups excluding carboxylic acids is 1. The molecule has 1 aromatic carbocycles. The van der Waals surface area contributed by atoms with Gasteiger partial charge >= 0.3 is 5.97 Å². The molecule has 2 rings (SSSR count). The maximum absolute atomic E-state index is 12.1. The van der Waals surface area contributed by atoms with Crippen LogP contribution in [0.15, 0.2) is 29.2 Å². The fourth-order valence-electron chi connectivity index (χ4n) is 2.19. The molecule has 1 unspecified atom stereocenters. The first-order chi connectivity index (χ1) is 11.8. The molecule has 1 amide bonds. The maximum atomic E-state index is 12.1. The van der Waals surface area contributed by atoms with Crippen molar-refractivity contribution in [1.29, 1.82) is 0 Å². The first-order valence-electron chi connectivity index (χ1n) is 7.94. The molecule has 0 aliphatic heterocycles. The van der Waals surface area contributed by atoms with Crippen molar-refractivity contribution in [2.24, 2.45) is 0 Å². The van der Waals surface area contributed by atoms with Crippen LogP contribution >= 0.6 is 0 Å². The van der Waals surface area contributed by atoms with Gasteiger partial charge in [-0.1, -0.05) is 12.1 Å². The van der Waals surface area contributed by atoms with Crippen LogP contribution in [0.25, 0.3) is 0 Å². The Bertz CT molecular complexity index is 713. The molecule has 9 heteroatoms. The molecule has 0 heterocycles. The van der Waals surface area contributed by atoms with Crippen LogP contribution in [0, 0.1) is 0 Å². The maximum Gasteiger partial charge on any atom is 0.328 e. The number of benzene rings is 1. The number of carboxylic acids is 1. The van der Waals surface area contributed by atoms with E-state index in [1.54, 1.807) is 12.1 Å². The molecule has 1 fully saturated rings. The van der Waals surface area contributed by atoms with Gasteiger partial charge in [-0.15, -0.1) is 0 Å². The molecule has 0 bridgehead atoms. The third-order valence-corrected chi connectivity index (χ3v) is 5.28. The number of carboxylic acid groups (broad SMARTS) is 1. The lowest BCUT2D eigenvalue weighted by atomic mass is 10.1. The molecule has 1 aliphatic carbocycles. The smallest absolute Gasteiger partial charge is 0.328 e. The number of hydrogen-bond acceptors (Lipinski definition) is 5. The minimum Gasteiger partial charge on any atom is -0.480 e. The van der Waals surface area contributed by atoms with Crippen LogP contribution in [0.1, 0.15) is 24.8 Å². The van der Waals surface area contributed by atoms with E-state index in [0.29, 0.717) is 6.42 Å². The molecule has 0 spiro atoms. The van der Waals surface area contributed by atoms with Crippen molar-refractivity contribution in [1.82, 2.24) is 10.0 Å². The SMILES string of the molecule is COCC(NC(=O)CCc1ccc(S(=O)(=O)NC2CC2)cc1)C(=O)O. The minimum atomic E-state index is -3.49. The van der Waals surface area contributed by atoms with E-state index in [2.05, 4.69) is 10.0 Å². The van der Waals surface area contributed by atoms with E-state index in [-0.39, 0.29) is 24.0 Å². The molecule has 8 nitrogen and oxygen atoms in total. The lowest BCUT2D eigenvalue weighted by Gasteiger charge is -2.13. The number of amides is 1. The molecule has 1 aliphatic rings. The van der Waals surface area contributed by atoms with Crippen LogP contribution in [0.5, 0.6) is 0 Å². The third kappa shape index (κ3) is 6.11. The van der Waals surface area contributed by atoms with Gasteiger partial charge in [0.25, 0.3) is 0 Å². The van der Waals surface area contributed by atoms with E-state index < -0.39 is 27.9 Å². The van der Waals surface area contributed by atoms with Crippen molar-refractivity contribution in [2.45, 2.75) is 42.7 Å². The zero-order chi connectivity index (χ0) is 18.4.